The average Bonchev–Trinajstić information content (AvgIpc) is 3.24. The summed E-state index contributed by atoms with van der Waals surface area (Å²) >= 11 is 0. The number of carbonyl (C=O) groups is 1. The lowest BCUT2D eigenvalue weighted by Gasteiger charge is -2.16. The number of carbonyl (C=O) groups excluding carboxylic acids is 1. The molecule has 0 bridgehead atoms. The van der Waals surface area contributed by atoms with Crippen molar-refractivity contribution >= 4 is 5.91 Å². The summed E-state index contributed by atoms with van der Waals surface area (Å²) in [7, 11) is 1.61. The first-order chi connectivity index (χ1) is 12.2. The highest BCUT2D eigenvalue weighted by Crippen LogP contribution is 2.31. The summed E-state index contributed by atoms with van der Waals surface area (Å²) in [6.45, 7) is 0.849. The van der Waals surface area contributed by atoms with Gasteiger partial charge in [0.2, 0.25) is 0 Å². The molecule has 0 aliphatic carbocycles. The van der Waals surface area contributed by atoms with E-state index in [1.165, 1.54) is 12.3 Å². The fraction of sp³-hybridized carbons (Fsp3) is 0.158. The molecule has 2 aromatic carbocycles. The Labute approximate surface area is 144 Å². The SMILES string of the molecule is COc1cccc(CN2Cc3cc(F)c(-c4cn[nH]c4)cc3C2=O)c1. The second-order valence-corrected chi connectivity index (χ2v) is 5.99. The minimum absolute atomic E-state index is 0.0948. The first kappa shape index (κ1) is 15.4. The van der Waals surface area contributed by atoms with E-state index in [0.717, 1.165) is 11.3 Å². The number of nitrogens with zero attached hydrogens (tertiary/aromatic N) is 2. The number of ether oxygens (including phenoxy) is 1. The van der Waals surface area contributed by atoms with Gasteiger partial charge in [-0.15, -0.1) is 0 Å². The maximum Gasteiger partial charge on any atom is 0.254 e. The van der Waals surface area contributed by atoms with Crippen LogP contribution in [0.15, 0.2) is 48.8 Å². The van der Waals surface area contributed by atoms with E-state index in [0.29, 0.717) is 35.3 Å². The highest BCUT2D eigenvalue weighted by Gasteiger charge is 2.29. The van der Waals surface area contributed by atoms with E-state index in [1.807, 2.05) is 24.3 Å². The third-order valence-corrected chi connectivity index (χ3v) is 4.39. The predicted octanol–water partition coefficient (Wildman–Crippen LogP) is 3.38. The molecule has 1 amide bonds. The van der Waals surface area contributed by atoms with Crippen LogP contribution in [0.5, 0.6) is 5.75 Å². The van der Waals surface area contributed by atoms with Crippen LogP contribution in [-0.4, -0.2) is 28.1 Å². The second kappa shape index (κ2) is 6.05. The smallest absolute Gasteiger partial charge is 0.254 e. The van der Waals surface area contributed by atoms with Crippen molar-refractivity contribution in [3.05, 3.63) is 71.3 Å². The summed E-state index contributed by atoms with van der Waals surface area (Å²) in [6, 6.07) is 10.6. The first-order valence-corrected chi connectivity index (χ1v) is 7.89. The molecule has 0 saturated heterocycles. The summed E-state index contributed by atoms with van der Waals surface area (Å²) in [4.78, 5) is 14.4. The molecule has 0 saturated carbocycles. The van der Waals surface area contributed by atoms with Crippen molar-refractivity contribution in [2.75, 3.05) is 7.11 Å². The van der Waals surface area contributed by atoms with E-state index >= 15 is 0 Å². The van der Waals surface area contributed by atoms with Crippen LogP contribution < -0.4 is 4.74 Å². The van der Waals surface area contributed by atoms with Gasteiger partial charge in [-0.25, -0.2) is 4.39 Å². The summed E-state index contributed by atoms with van der Waals surface area (Å²) in [6.07, 6.45) is 3.15. The molecule has 4 rings (SSSR count). The standard InChI is InChI=1S/C19H16FN3O2/c1-25-15-4-2-3-12(5-15)10-23-11-13-6-18(20)16(7-17(13)19(23)24)14-8-21-22-9-14/h2-9H,10-11H2,1H3,(H,21,22). The number of aromatic amines is 1. The largest absolute Gasteiger partial charge is 0.497 e. The molecule has 25 heavy (non-hydrogen) atoms. The molecule has 0 spiro atoms. The molecule has 3 aromatic rings. The summed E-state index contributed by atoms with van der Waals surface area (Å²) in [5, 5.41) is 6.50. The van der Waals surface area contributed by atoms with Crippen LogP contribution in [0.4, 0.5) is 4.39 Å². The Kier molecular flexibility index (Phi) is 3.72. The first-order valence-electron chi connectivity index (χ1n) is 7.89. The minimum Gasteiger partial charge on any atom is -0.497 e. The fourth-order valence-electron chi connectivity index (χ4n) is 3.13. The summed E-state index contributed by atoms with van der Waals surface area (Å²) in [5.74, 6) is 0.300. The fourth-order valence-corrected chi connectivity index (χ4v) is 3.13. The third-order valence-electron chi connectivity index (χ3n) is 4.39. The van der Waals surface area contributed by atoms with Crippen molar-refractivity contribution in [1.29, 1.82) is 0 Å². The van der Waals surface area contributed by atoms with Gasteiger partial charge in [0.15, 0.2) is 0 Å². The Balaban J connectivity index is 1.63. The van der Waals surface area contributed by atoms with Crippen LogP contribution in [0.2, 0.25) is 0 Å². The van der Waals surface area contributed by atoms with Crippen LogP contribution >= 0.6 is 0 Å². The number of halogens is 1. The normalized spacial score (nSPS) is 13.2. The van der Waals surface area contributed by atoms with Gasteiger partial charge in [-0.05, 0) is 35.4 Å². The second-order valence-electron chi connectivity index (χ2n) is 5.99. The van der Waals surface area contributed by atoms with Gasteiger partial charge in [0.25, 0.3) is 5.91 Å². The molecule has 1 aliphatic rings. The minimum atomic E-state index is -0.351. The maximum absolute atomic E-state index is 14.4. The van der Waals surface area contributed by atoms with Gasteiger partial charge in [0.1, 0.15) is 11.6 Å². The number of aromatic nitrogens is 2. The van der Waals surface area contributed by atoms with Crippen molar-refractivity contribution in [2.45, 2.75) is 13.1 Å². The molecule has 1 aliphatic heterocycles. The van der Waals surface area contributed by atoms with Gasteiger partial charge in [-0.2, -0.15) is 5.10 Å². The number of methoxy groups -OCH3 is 1. The zero-order valence-electron chi connectivity index (χ0n) is 13.6. The Hall–Kier alpha value is -3.15. The third kappa shape index (κ3) is 2.76. The Morgan fingerprint density at radius 2 is 2.16 bits per heavy atom. The molecule has 0 fully saturated rings. The number of amides is 1. The lowest BCUT2D eigenvalue weighted by Crippen LogP contribution is -2.23. The van der Waals surface area contributed by atoms with E-state index < -0.39 is 0 Å². The molecule has 0 atom stereocenters. The predicted molar refractivity (Wildman–Crippen MR) is 90.6 cm³/mol. The molecule has 5 nitrogen and oxygen atoms in total. The summed E-state index contributed by atoms with van der Waals surface area (Å²) in [5.41, 5.74) is 3.22. The van der Waals surface area contributed by atoms with Gasteiger partial charge in [-0.1, -0.05) is 12.1 Å². The molecule has 1 aromatic heterocycles. The molecular weight excluding hydrogens is 321 g/mol. The number of rotatable bonds is 4. The topological polar surface area (TPSA) is 58.2 Å². The monoisotopic (exact) mass is 337 g/mol. The average molecular weight is 337 g/mol. The van der Waals surface area contributed by atoms with Crippen LogP contribution in [0.25, 0.3) is 11.1 Å². The molecule has 0 radical (unpaired) electrons. The van der Waals surface area contributed by atoms with Gasteiger partial charge in [-0.3, -0.25) is 9.89 Å². The highest BCUT2D eigenvalue weighted by atomic mass is 19.1. The molecule has 126 valence electrons. The van der Waals surface area contributed by atoms with E-state index in [2.05, 4.69) is 10.2 Å². The zero-order valence-corrected chi connectivity index (χ0v) is 13.6. The number of hydrogen-bond donors (Lipinski definition) is 1. The molecule has 1 N–H and O–H groups in total. The van der Waals surface area contributed by atoms with E-state index in [4.69, 9.17) is 4.74 Å². The van der Waals surface area contributed by atoms with E-state index in [9.17, 15) is 9.18 Å². The van der Waals surface area contributed by atoms with Gasteiger partial charge in [0, 0.05) is 36.0 Å². The highest BCUT2D eigenvalue weighted by molar-refractivity contribution is 5.99. The van der Waals surface area contributed by atoms with E-state index in [-0.39, 0.29) is 11.7 Å². The maximum atomic E-state index is 14.4. The van der Waals surface area contributed by atoms with E-state index in [1.54, 1.807) is 24.3 Å². The van der Waals surface area contributed by atoms with Crippen LogP contribution in [-0.2, 0) is 13.1 Å². The number of hydrogen-bond acceptors (Lipinski definition) is 3. The van der Waals surface area contributed by atoms with Crippen LogP contribution in [0.3, 0.4) is 0 Å². The Bertz CT molecular complexity index is 938. The molecular formula is C19H16FN3O2. The lowest BCUT2D eigenvalue weighted by atomic mass is 10.0. The number of nitrogens with one attached hydrogen (secondary N) is 1. The van der Waals surface area contributed by atoms with Crippen molar-refractivity contribution < 1.29 is 13.9 Å². The van der Waals surface area contributed by atoms with Crippen molar-refractivity contribution in [3.8, 4) is 16.9 Å². The van der Waals surface area contributed by atoms with Crippen LogP contribution in [0, 0.1) is 5.82 Å². The van der Waals surface area contributed by atoms with Crippen molar-refractivity contribution in [2.24, 2.45) is 0 Å². The zero-order chi connectivity index (χ0) is 17.4. The number of benzene rings is 2. The Morgan fingerprint density at radius 3 is 2.92 bits per heavy atom. The molecule has 2 heterocycles. The van der Waals surface area contributed by atoms with Crippen LogP contribution in [0.1, 0.15) is 21.5 Å². The molecule has 6 heteroatoms. The molecule has 0 unspecified atom stereocenters. The van der Waals surface area contributed by atoms with Gasteiger partial charge >= 0.3 is 0 Å². The lowest BCUT2D eigenvalue weighted by molar-refractivity contribution is 0.0766. The number of H-pyrrole nitrogens is 1. The van der Waals surface area contributed by atoms with Gasteiger partial charge in [0.05, 0.1) is 13.3 Å². The quantitative estimate of drug-likeness (QED) is 0.794. The van der Waals surface area contributed by atoms with Crippen molar-refractivity contribution in [3.63, 3.8) is 0 Å². The summed E-state index contributed by atoms with van der Waals surface area (Å²) < 4.78 is 19.6. The van der Waals surface area contributed by atoms with Gasteiger partial charge < -0.3 is 9.64 Å². The number of fused-ring (bicyclic) bond motifs is 1. The Morgan fingerprint density at radius 1 is 1.28 bits per heavy atom. The van der Waals surface area contributed by atoms with Crippen molar-refractivity contribution in [1.82, 2.24) is 15.1 Å².